The lowest BCUT2D eigenvalue weighted by molar-refractivity contribution is -0.359. The molecule has 1 amide bonds. The Kier molecular flexibility index (Phi) is 52.7. The van der Waals surface area contributed by atoms with E-state index in [0.29, 0.717) is 12.8 Å². The summed E-state index contributed by atoms with van der Waals surface area (Å²) < 4.78 is 22.9. The van der Waals surface area contributed by atoms with Crippen molar-refractivity contribution in [3.63, 3.8) is 0 Å². The molecule has 14 heteroatoms. The Morgan fingerprint density at radius 2 is 0.793 bits per heavy atom. The first-order chi connectivity index (χ1) is 42.6. The van der Waals surface area contributed by atoms with Gasteiger partial charge in [0.2, 0.25) is 5.91 Å². The molecule has 504 valence electrons. The number of aliphatic hydroxyl groups excluding tert-OH is 8. The number of aliphatic hydroxyl groups is 8. The van der Waals surface area contributed by atoms with Crippen LogP contribution >= 0.6 is 0 Å². The van der Waals surface area contributed by atoms with E-state index in [1.165, 1.54) is 135 Å². The van der Waals surface area contributed by atoms with Gasteiger partial charge in [-0.2, -0.15) is 0 Å². The fourth-order valence-electron chi connectivity index (χ4n) is 11.3. The Hall–Kier alpha value is -2.83. The topological polar surface area (TPSA) is 228 Å². The van der Waals surface area contributed by atoms with Gasteiger partial charge in [-0.1, -0.05) is 285 Å². The molecule has 2 saturated heterocycles. The third-order valence-electron chi connectivity index (χ3n) is 16.9. The van der Waals surface area contributed by atoms with Gasteiger partial charge in [0, 0.05) is 6.42 Å². The SMILES string of the molecule is CC/C=C\C/C=C\C/C=C\C/C=C\C/C=C\C/C=C\C/C=C\CCCCCCCCCC(=O)NC(COC1OC(CO)C(OC2OC(CO)C(O)C(O)C2O)C(O)C1O)C(O)CCCCCCCCCCCCCCCCCCCCCCCCCC. The highest BCUT2D eigenvalue weighted by atomic mass is 16.7. The number of amides is 1. The normalized spacial score (nSPS) is 23.8. The monoisotopic (exact) mass is 1230 g/mol. The van der Waals surface area contributed by atoms with Crippen LogP contribution < -0.4 is 5.32 Å². The van der Waals surface area contributed by atoms with Crippen molar-refractivity contribution in [1.29, 1.82) is 0 Å². The second kappa shape index (κ2) is 57.1. The lowest BCUT2D eigenvalue weighted by Gasteiger charge is -2.46. The van der Waals surface area contributed by atoms with Gasteiger partial charge < -0.3 is 65.1 Å². The zero-order valence-electron chi connectivity index (χ0n) is 54.7. The molecule has 87 heavy (non-hydrogen) atoms. The smallest absolute Gasteiger partial charge is 0.220 e. The van der Waals surface area contributed by atoms with Crippen molar-refractivity contribution in [2.45, 2.75) is 351 Å². The standard InChI is InChI=1S/C73H129NO13/c1-3-5-7-9-11-13-15-17-19-21-23-25-27-29-30-31-32-33-35-37-39-41-43-45-47-49-51-53-55-57-65(78)74-61(60-84-72-70(83)68(81)71(64(59-76)86-72)87-73-69(82)67(80)66(79)63(58-75)85-73)62(77)56-54-52-50-48-46-44-42-40-38-36-34-28-26-24-22-20-18-16-14-12-10-8-6-4-2/h5,7,11,13,17,19,23,25,29-30,32-33,37,39,61-64,66-73,75-77,79-83H,3-4,6,8-10,12,14-16,18,20-22,24,26-28,31,34-36,38,40-60H2,1-2H3,(H,74,78)/b7-5-,13-11-,19-17-,25-23-,30-29-,33-32-,39-37-. The number of hydrogen-bond donors (Lipinski definition) is 9. The Bertz CT molecular complexity index is 1780. The van der Waals surface area contributed by atoms with E-state index in [9.17, 15) is 45.6 Å². The van der Waals surface area contributed by atoms with Crippen molar-refractivity contribution >= 4 is 5.91 Å². The summed E-state index contributed by atoms with van der Waals surface area (Å²) in [6, 6.07) is -0.842. The lowest BCUT2D eigenvalue weighted by Crippen LogP contribution is -2.65. The molecule has 0 bridgehead atoms. The Labute approximate surface area is 529 Å². The van der Waals surface area contributed by atoms with Crippen LogP contribution in [0.1, 0.15) is 277 Å². The van der Waals surface area contributed by atoms with Crippen LogP contribution in [0.3, 0.4) is 0 Å². The van der Waals surface area contributed by atoms with Crippen LogP contribution in [0, 0.1) is 0 Å². The zero-order valence-corrected chi connectivity index (χ0v) is 54.7. The molecule has 14 nitrogen and oxygen atoms in total. The number of allylic oxidation sites excluding steroid dienone is 14. The quantitative estimate of drug-likeness (QED) is 0.0204. The molecule has 2 aliphatic rings. The number of ether oxygens (including phenoxy) is 4. The molecule has 12 unspecified atom stereocenters. The average molecular weight is 1230 g/mol. The summed E-state index contributed by atoms with van der Waals surface area (Å²) in [6.07, 6.45) is 61.5. The number of hydrogen-bond acceptors (Lipinski definition) is 13. The van der Waals surface area contributed by atoms with Crippen LogP contribution in [0.25, 0.3) is 0 Å². The highest BCUT2D eigenvalue weighted by Gasteiger charge is 2.51. The Morgan fingerprint density at radius 3 is 1.22 bits per heavy atom. The minimum Gasteiger partial charge on any atom is -0.394 e. The summed E-state index contributed by atoms with van der Waals surface area (Å²) in [5.74, 6) is -0.218. The van der Waals surface area contributed by atoms with E-state index in [1.807, 2.05) is 0 Å². The number of carbonyl (C=O) groups is 1. The maximum absolute atomic E-state index is 13.4. The summed E-state index contributed by atoms with van der Waals surface area (Å²) in [7, 11) is 0. The molecule has 0 saturated carbocycles. The minimum atomic E-state index is -1.79. The molecule has 0 aromatic carbocycles. The number of carbonyl (C=O) groups excluding carboxylic acids is 1. The van der Waals surface area contributed by atoms with Crippen molar-refractivity contribution < 1.29 is 64.6 Å². The van der Waals surface area contributed by atoms with E-state index in [-0.39, 0.29) is 18.9 Å². The third-order valence-corrected chi connectivity index (χ3v) is 16.9. The first-order valence-electron chi connectivity index (χ1n) is 35.3. The van der Waals surface area contributed by atoms with E-state index in [2.05, 4.69) is 104 Å². The van der Waals surface area contributed by atoms with Crippen molar-refractivity contribution in [3.8, 4) is 0 Å². The molecular formula is C73H129NO13. The molecular weight excluding hydrogens is 1100 g/mol. The molecule has 0 radical (unpaired) electrons. The van der Waals surface area contributed by atoms with Crippen molar-refractivity contribution in [1.82, 2.24) is 5.32 Å². The van der Waals surface area contributed by atoms with E-state index >= 15 is 0 Å². The molecule has 2 fully saturated rings. The van der Waals surface area contributed by atoms with Gasteiger partial charge in [0.15, 0.2) is 12.6 Å². The molecule has 12 atom stereocenters. The van der Waals surface area contributed by atoms with Gasteiger partial charge in [-0.15, -0.1) is 0 Å². The average Bonchev–Trinajstić information content (AvgIpc) is 1.55. The Morgan fingerprint density at radius 1 is 0.425 bits per heavy atom. The van der Waals surface area contributed by atoms with Crippen LogP contribution in [0.2, 0.25) is 0 Å². The third kappa shape index (κ3) is 41.3. The summed E-state index contributed by atoms with van der Waals surface area (Å²) in [5.41, 5.74) is 0. The molecule has 0 aromatic rings. The van der Waals surface area contributed by atoms with Crippen LogP contribution in [0.15, 0.2) is 85.1 Å². The van der Waals surface area contributed by atoms with Crippen molar-refractivity contribution in [3.05, 3.63) is 85.1 Å². The second-order valence-electron chi connectivity index (χ2n) is 24.6. The minimum absolute atomic E-state index is 0.218. The van der Waals surface area contributed by atoms with Crippen LogP contribution in [0.5, 0.6) is 0 Å². The summed E-state index contributed by atoms with van der Waals surface area (Å²) >= 11 is 0. The molecule has 0 aliphatic carbocycles. The summed E-state index contributed by atoms with van der Waals surface area (Å²) in [5, 5.41) is 87.6. The van der Waals surface area contributed by atoms with Gasteiger partial charge >= 0.3 is 0 Å². The van der Waals surface area contributed by atoms with E-state index in [4.69, 9.17) is 18.9 Å². The number of rotatable bonds is 57. The van der Waals surface area contributed by atoms with Crippen molar-refractivity contribution in [2.24, 2.45) is 0 Å². The summed E-state index contributed by atoms with van der Waals surface area (Å²) in [4.78, 5) is 13.4. The maximum Gasteiger partial charge on any atom is 0.220 e. The maximum atomic E-state index is 13.4. The van der Waals surface area contributed by atoms with Gasteiger partial charge in [0.25, 0.3) is 0 Å². The van der Waals surface area contributed by atoms with Crippen LogP contribution in [0.4, 0.5) is 0 Å². The number of nitrogens with one attached hydrogen (secondary N) is 1. The zero-order chi connectivity index (χ0) is 63.1. The van der Waals surface area contributed by atoms with E-state index < -0.39 is 86.8 Å². The first-order valence-corrected chi connectivity index (χ1v) is 35.3. The molecule has 2 heterocycles. The molecule has 0 aromatic heterocycles. The predicted molar refractivity (Wildman–Crippen MR) is 355 cm³/mol. The number of unbranched alkanes of at least 4 members (excludes halogenated alkanes) is 30. The van der Waals surface area contributed by atoms with Gasteiger partial charge in [0.05, 0.1) is 32.0 Å². The lowest BCUT2D eigenvalue weighted by atomic mass is 9.97. The largest absolute Gasteiger partial charge is 0.394 e. The van der Waals surface area contributed by atoms with Crippen molar-refractivity contribution in [2.75, 3.05) is 19.8 Å². The highest BCUT2D eigenvalue weighted by molar-refractivity contribution is 5.76. The van der Waals surface area contributed by atoms with E-state index in [0.717, 1.165) is 109 Å². The Balaban J connectivity index is 1.69. The molecule has 9 N–H and O–H groups in total. The highest BCUT2D eigenvalue weighted by Crippen LogP contribution is 2.30. The van der Waals surface area contributed by atoms with Gasteiger partial charge in [-0.05, 0) is 70.6 Å². The summed E-state index contributed by atoms with van der Waals surface area (Å²) in [6.45, 7) is 2.77. The predicted octanol–water partition coefficient (Wildman–Crippen LogP) is 14.4. The molecule has 2 aliphatic heterocycles. The molecule has 0 spiro atoms. The van der Waals surface area contributed by atoms with Crippen LogP contribution in [-0.4, -0.2) is 140 Å². The van der Waals surface area contributed by atoms with E-state index in [1.54, 1.807) is 0 Å². The fourth-order valence-corrected chi connectivity index (χ4v) is 11.3. The second-order valence-corrected chi connectivity index (χ2v) is 24.6. The van der Waals surface area contributed by atoms with Crippen LogP contribution in [-0.2, 0) is 23.7 Å². The van der Waals surface area contributed by atoms with Gasteiger partial charge in [0.1, 0.15) is 48.8 Å². The van der Waals surface area contributed by atoms with Gasteiger partial charge in [-0.3, -0.25) is 4.79 Å². The first kappa shape index (κ1) is 80.3. The van der Waals surface area contributed by atoms with Gasteiger partial charge in [-0.25, -0.2) is 0 Å². The fraction of sp³-hybridized carbons (Fsp3) is 0.795. The molecule has 2 rings (SSSR count).